The Hall–Kier alpha value is -2.99. The lowest BCUT2D eigenvalue weighted by Crippen LogP contribution is -2.29. The van der Waals surface area contributed by atoms with E-state index in [4.69, 9.17) is 14.2 Å². The van der Waals surface area contributed by atoms with Gasteiger partial charge in [-0.05, 0) is 42.3 Å². The monoisotopic (exact) mass is 410 g/mol. The van der Waals surface area contributed by atoms with Gasteiger partial charge in [0.25, 0.3) is 0 Å². The van der Waals surface area contributed by atoms with Crippen molar-refractivity contribution in [2.45, 2.75) is 25.6 Å². The van der Waals surface area contributed by atoms with Gasteiger partial charge in [0.1, 0.15) is 5.82 Å². The molecule has 0 N–H and O–H groups in total. The summed E-state index contributed by atoms with van der Waals surface area (Å²) < 4.78 is 33.1. The van der Waals surface area contributed by atoms with Crippen molar-refractivity contribution in [3.05, 3.63) is 77.4 Å². The molecule has 0 bridgehead atoms. The van der Waals surface area contributed by atoms with Crippen LogP contribution in [0, 0.1) is 5.82 Å². The van der Waals surface area contributed by atoms with E-state index in [1.54, 1.807) is 33.5 Å². The van der Waals surface area contributed by atoms with Crippen LogP contribution in [-0.4, -0.2) is 37.3 Å². The van der Waals surface area contributed by atoms with Crippen molar-refractivity contribution in [2.24, 2.45) is 0 Å². The summed E-state index contributed by atoms with van der Waals surface area (Å²) in [5.41, 5.74) is 3.10. The minimum absolute atomic E-state index is 0.0593. The molecule has 2 heterocycles. The van der Waals surface area contributed by atoms with Crippen LogP contribution in [0.25, 0.3) is 0 Å². The van der Waals surface area contributed by atoms with Crippen molar-refractivity contribution in [1.82, 2.24) is 9.47 Å². The quantitative estimate of drug-likeness (QED) is 0.593. The molecule has 0 fully saturated rings. The number of fused-ring (bicyclic) bond motifs is 1. The lowest BCUT2D eigenvalue weighted by Gasteiger charge is -2.31. The van der Waals surface area contributed by atoms with Gasteiger partial charge in [0.05, 0.1) is 27.4 Å². The minimum Gasteiger partial charge on any atom is -0.493 e. The maximum Gasteiger partial charge on any atom is 0.203 e. The van der Waals surface area contributed by atoms with E-state index in [0.29, 0.717) is 23.8 Å². The number of benzene rings is 2. The van der Waals surface area contributed by atoms with Crippen LogP contribution in [0.3, 0.4) is 0 Å². The predicted molar refractivity (Wildman–Crippen MR) is 114 cm³/mol. The molecular weight excluding hydrogens is 383 g/mol. The first-order chi connectivity index (χ1) is 14.7. The van der Waals surface area contributed by atoms with Crippen molar-refractivity contribution < 1.29 is 18.6 Å². The molecule has 0 saturated heterocycles. The van der Waals surface area contributed by atoms with E-state index in [9.17, 15) is 4.39 Å². The summed E-state index contributed by atoms with van der Waals surface area (Å²) in [5, 5.41) is 0. The molecule has 0 aliphatic carbocycles. The second-order valence-corrected chi connectivity index (χ2v) is 7.40. The number of hydrogen-bond acceptors (Lipinski definition) is 4. The number of halogens is 1. The Kier molecular flexibility index (Phi) is 5.95. The van der Waals surface area contributed by atoms with Gasteiger partial charge in [-0.25, -0.2) is 4.39 Å². The van der Waals surface area contributed by atoms with Crippen LogP contribution >= 0.6 is 0 Å². The van der Waals surface area contributed by atoms with Gasteiger partial charge in [-0.2, -0.15) is 0 Å². The Labute approximate surface area is 176 Å². The Morgan fingerprint density at radius 2 is 1.77 bits per heavy atom. The first kappa shape index (κ1) is 20.3. The SMILES string of the molecule is COc1ccc(CN2CCCn3cccc3C2c2cccc(F)c2)c(OC)c1OC. The highest BCUT2D eigenvalue weighted by molar-refractivity contribution is 5.55. The van der Waals surface area contributed by atoms with E-state index in [1.807, 2.05) is 18.2 Å². The van der Waals surface area contributed by atoms with Gasteiger partial charge in [0.2, 0.25) is 5.75 Å². The average Bonchev–Trinajstić information content (AvgIpc) is 3.14. The normalized spacial score (nSPS) is 16.6. The van der Waals surface area contributed by atoms with Crippen LogP contribution in [-0.2, 0) is 13.1 Å². The molecular formula is C24H27FN2O3. The third-order valence-corrected chi connectivity index (χ3v) is 5.68. The van der Waals surface area contributed by atoms with E-state index in [-0.39, 0.29) is 11.9 Å². The third kappa shape index (κ3) is 3.75. The lowest BCUT2D eigenvalue weighted by molar-refractivity contribution is 0.215. The van der Waals surface area contributed by atoms with Gasteiger partial charge in [0, 0.05) is 37.1 Å². The second-order valence-electron chi connectivity index (χ2n) is 7.40. The maximum absolute atomic E-state index is 14.1. The number of ether oxygens (including phenoxy) is 3. The standard InChI is InChI=1S/C24H27FN2O3/c1-28-21-11-10-18(23(29-2)24(21)30-3)16-27-14-6-13-26-12-5-9-20(26)22(27)17-7-4-8-19(25)15-17/h4-5,7-12,15,22H,6,13-14,16H2,1-3H3. The number of aromatic nitrogens is 1. The molecule has 1 aromatic heterocycles. The van der Waals surface area contributed by atoms with Gasteiger partial charge in [-0.15, -0.1) is 0 Å². The van der Waals surface area contributed by atoms with Crippen LogP contribution in [0.5, 0.6) is 17.2 Å². The van der Waals surface area contributed by atoms with E-state index in [0.717, 1.165) is 36.3 Å². The molecule has 0 radical (unpaired) electrons. The molecule has 1 aliphatic rings. The van der Waals surface area contributed by atoms with Gasteiger partial charge in [0.15, 0.2) is 11.5 Å². The number of rotatable bonds is 6. The maximum atomic E-state index is 14.1. The minimum atomic E-state index is -0.224. The summed E-state index contributed by atoms with van der Waals surface area (Å²) in [6, 6.07) is 14.9. The van der Waals surface area contributed by atoms with Crippen LogP contribution in [0.1, 0.15) is 29.3 Å². The zero-order valence-electron chi connectivity index (χ0n) is 17.6. The molecule has 30 heavy (non-hydrogen) atoms. The molecule has 0 saturated carbocycles. The van der Waals surface area contributed by atoms with E-state index >= 15 is 0 Å². The molecule has 3 aromatic rings. The average molecular weight is 410 g/mol. The summed E-state index contributed by atoms with van der Waals surface area (Å²) >= 11 is 0. The van der Waals surface area contributed by atoms with Crippen LogP contribution in [0.15, 0.2) is 54.7 Å². The molecule has 6 heteroatoms. The van der Waals surface area contributed by atoms with Crippen molar-refractivity contribution in [3.63, 3.8) is 0 Å². The second kappa shape index (κ2) is 8.79. The highest BCUT2D eigenvalue weighted by atomic mass is 19.1. The Morgan fingerprint density at radius 1 is 0.933 bits per heavy atom. The van der Waals surface area contributed by atoms with E-state index < -0.39 is 0 Å². The Morgan fingerprint density at radius 3 is 2.50 bits per heavy atom. The molecule has 1 unspecified atom stereocenters. The Balaban J connectivity index is 1.77. The van der Waals surface area contributed by atoms with Crippen molar-refractivity contribution in [2.75, 3.05) is 27.9 Å². The zero-order valence-corrected chi connectivity index (χ0v) is 17.6. The number of nitrogens with zero attached hydrogens (tertiary/aromatic N) is 2. The molecule has 1 aliphatic heterocycles. The van der Waals surface area contributed by atoms with Crippen LogP contribution < -0.4 is 14.2 Å². The fourth-order valence-corrected chi connectivity index (χ4v) is 4.37. The van der Waals surface area contributed by atoms with E-state index in [1.165, 1.54) is 6.07 Å². The lowest BCUT2D eigenvalue weighted by atomic mass is 10.0. The van der Waals surface area contributed by atoms with Crippen LogP contribution in [0.4, 0.5) is 4.39 Å². The van der Waals surface area contributed by atoms with Crippen molar-refractivity contribution in [1.29, 1.82) is 0 Å². The summed E-state index contributed by atoms with van der Waals surface area (Å²) in [5.74, 6) is 1.65. The first-order valence-corrected chi connectivity index (χ1v) is 10.1. The molecule has 0 amide bonds. The fourth-order valence-electron chi connectivity index (χ4n) is 4.37. The summed E-state index contributed by atoms with van der Waals surface area (Å²) in [7, 11) is 4.86. The summed E-state index contributed by atoms with van der Waals surface area (Å²) in [6.07, 6.45) is 3.10. The smallest absolute Gasteiger partial charge is 0.203 e. The van der Waals surface area contributed by atoms with Crippen LogP contribution in [0.2, 0.25) is 0 Å². The Bertz CT molecular complexity index is 1020. The highest BCUT2D eigenvalue weighted by Gasteiger charge is 2.29. The number of methoxy groups -OCH3 is 3. The molecule has 4 rings (SSSR count). The molecule has 158 valence electrons. The molecule has 5 nitrogen and oxygen atoms in total. The molecule has 0 spiro atoms. The largest absolute Gasteiger partial charge is 0.493 e. The number of hydrogen-bond donors (Lipinski definition) is 0. The topological polar surface area (TPSA) is 35.9 Å². The van der Waals surface area contributed by atoms with Gasteiger partial charge in [-0.3, -0.25) is 4.90 Å². The van der Waals surface area contributed by atoms with Gasteiger partial charge >= 0.3 is 0 Å². The molecule has 1 atom stereocenters. The highest BCUT2D eigenvalue weighted by Crippen LogP contribution is 2.42. The van der Waals surface area contributed by atoms with Gasteiger partial charge in [-0.1, -0.05) is 18.2 Å². The summed E-state index contributed by atoms with van der Waals surface area (Å²) in [4.78, 5) is 2.37. The predicted octanol–water partition coefficient (Wildman–Crippen LogP) is 4.65. The third-order valence-electron chi connectivity index (χ3n) is 5.68. The fraction of sp³-hybridized carbons (Fsp3) is 0.333. The van der Waals surface area contributed by atoms with Gasteiger partial charge < -0.3 is 18.8 Å². The van der Waals surface area contributed by atoms with Crippen molar-refractivity contribution in [3.8, 4) is 17.2 Å². The summed E-state index contributed by atoms with van der Waals surface area (Å²) in [6.45, 7) is 2.45. The number of aryl methyl sites for hydroxylation is 1. The zero-order chi connectivity index (χ0) is 21.1. The van der Waals surface area contributed by atoms with Crippen molar-refractivity contribution >= 4 is 0 Å². The first-order valence-electron chi connectivity index (χ1n) is 10.1. The van der Waals surface area contributed by atoms with E-state index in [2.05, 4.69) is 27.8 Å². The molecule has 2 aromatic carbocycles.